The number of amides is 1. The molecular weight excluding hydrogens is 524 g/mol. The number of ether oxygens (including phenoxy) is 3. The van der Waals surface area contributed by atoms with E-state index in [-0.39, 0.29) is 11.9 Å². The van der Waals surface area contributed by atoms with Crippen LogP contribution in [0.4, 0.5) is 5.69 Å². The summed E-state index contributed by atoms with van der Waals surface area (Å²) < 4.78 is 16.8. The molecule has 0 unspecified atom stereocenters. The Morgan fingerprint density at radius 1 is 1.00 bits per heavy atom. The SMILES string of the molecule is CCOC(=O)c1ccc(N=C2S/C(=C\c3ccc(OCc4ccccc4Cl)c(OCC)c3)C(=O)N2C)cc1. The van der Waals surface area contributed by atoms with E-state index in [1.165, 1.54) is 16.7 Å². The van der Waals surface area contributed by atoms with Gasteiger partial charge in [0.15, 0.2) is 16.7 Å². The van der Waals surface area contributed by atoms with Crippen molar-refractivity contribution in [2.24, 2.45) is 4.99 Å². The number of likely N-dealkylation sites (N-methyl/N-ethyl adjacent to an activating group) is 1. The number of carbonyl (C=O) groups is 2. The quantitative estimate of drug-likeness (QED) is 0.217. The molecule has 1 aliphatic heterocycles. The summed E-state index contributed by atoms with van der Waals surface area (Å²) in [6.45, 7) is 4.74. The van der Waals surface area contributed by atoms with Crippen LogP contribution >= 0.6 is 23.4 Å². The van der Waals surface area contributed by atoms with Crippen molar-refractivity contribution in [1.82, 2.24) is 4.90 Å². The van der Waals surface area contributed by atoms with Crippen molar-refractivity contribution in [2.75, 3.05) is 20.3 Å². The van der Waals surface area contributed by atoms with Gasteiger partial charge in [0.25, 0.3) is 5.91 Å². The highest BCUT2D eigenvalue weighted by Gasteiger charge is 2.30. The molecule has 0 spiro atoms. The molecule has 7 nitrogen and oxygen atoms in total. The number of hydrogen-bond acceptors (Lipinski definition) is 7. The van der Waals surface area contributed by atoms with E-state index < -0.39 is 0 Å². The van der Waals surface area contributed by atoms with Crippen molar-refractivity contribution >= 4 is 52.2 Å². The second-order valence-electron chi connectivity index (χ2n) is 8.16. The highest BCUT2D eigenvalue weighted by atomic mass is 35.5. The number of benzene rings is 3. The number of halogens is 1. The van der Waals surface area contributed by atoms with Gasteiger partial charge in [-0.25, -0.2) is 9.79 Å². The van der Waals surface area contributed by atoms with E-state index in [2.05, 4.69) is 4.99 Å². The summed E-state index contributed by atoms with van der Waals surface area (Å²) in [5, 5.41) is 1.18. The Hall–Kier alpha value is -3.75. The Morgan fingerprint density at radius 2 is 1.76 bits per heavy atom. The van der Waals surface area contributed by atoms with E-state index >= 15 is 0 Å². The van der Waals surface area contributed by atoms with E-state index in [0.29, 0.717) is 57.7 Å². The molecule has 9 heteroatoms. The van der Waals surface area contributed by atoms with E-state index in [9.17, 15) is 9.59 Å². The Morgan fingerprint density at radius 3 is 2.47 bits per heavy atom. The number of esters is 1. The lowest BCUT2D eigenvalue weighted by Gasteiger charge is -2.13. The predicted molar refractivity (Wildman–Crippen MR) is 151 cm³/mol. The molecule has 3 aromatic carbocycles. The summed E-state index contributed by atoms with van der Waals surface area (Å²) >= 11 is 7.52. The second kappa shape index (κ2) is 12.7. The lowest BCUT2D eigenvalue weighted by molar-refractivity contribution is -0.121. The zero-order valence-corrected chi connectivity index (χ0v) is 22.8. The summed E-state index contributed by atoms with van der Waals surface area (Å²) in [7, 11) is 1.68. The fourth-order valence-electron chi connectivity index (χ4n) is 3.57. The Bertz CT molecular complexity index is 1390. The van der Waals surface area contributed by atoms with Crippen LogP contribution in [0.15, 0.2) is 76.6 Å². The molecule has 1 amide bonds. The molecule has 38 heavy (non-hydrogen) atoms. The van der Waals surface area contributed by atoms with E-state index in [4.69, 9.17) is 25.8 Å². The molecule has 0 saturated carbocycles. The molecule has 4 rings (SSSR count). The number of carbonyl (C=O) groups excluding carboxylic acids is 2. The van der Waals surface area contributed by atoms with Crippen LogP contribution in [0.25, 0.3) is 6.08 Å². The maximum atomic E-state index is 12.9. The zero-order valence-electron chi connectivity index (χ0n) is 21.3. The number of amidine groups is 1. The van der Waals surface area contributed by atoms with Gasteiger partial charge in [0.2, 0.25) is 0 Å². The van der Waals surface area contributed by atoms with Gasteiger partial charge < -0.3 is 14.2 Å². The van der Waals surface area contributed by atoms with Gasteiger partial charge in [0.05, 0.1) is 29.4 Å². The molecule has 0 aromatic heterocycles. The van der Waals surface area contributed by atoms with Gasteiger partial charge in [-0.15, -0.1) is 0 Å². The van der Waals surface area contributed by atoms with Crippen molar-refractivity contribution < 1.29 is 23.8 Å². The summed E-state index contributed by atoms with van der Waals surface area (Å²) in [4.78, 5) is 31.4. The predicted octanol–water partition coefficient (Wildman–Crippen LogP) is 6.73. The first-order valence-corrected chi connectivity index (χ1v) is 13.3. The van der Waals surface area contributed by atoms with Crippen LogP contribution in [0.1, 0.15) is 35.3 Å². The fourth-order valence-corrected chi connectivity index (χ4v) is 4.75. The van der Waals surface area contributed by atoms with Gasteiger partial charge in [-0.3, -0.25) is 9.69 Å². The van der Waals surface area contributed by atoms with Crippen molar-refractivity contribution in [3.63, 3.8) is 0 Å². The first-order valence-electron chi connectivity index (χ1n) is 12.1. The van der Waals surface area contributed by atoms with Crippen molar-refractivity contribution in [3.05, 3.63) is 93.3 Å². The van der Waals surface area contributed by atoms with Crippen LogP contribution < -0.4 is 9.47 Å². The smallest absolute Gasteiger partial charge is 0.338 e. The molecule has 0 bridgehead atoms. The van der Waals surface area contributed by atoms with E-state index in [1.807, 2.05) is 49.4 Å². The minimum absolute atomic E-state index is 0.158. The van der Waals surface area contributed by atoms with Crippen LogP contribution in [-0.4, -0.2) is 42.2 Å². The van der Waals surface area contributed by atoms with Crippen LogP contribution in [0.5, 0.6) is 11.5 Å². The van der Waals surface area contributed by atoms with Crippen molar-refractivity contribution in [2.45, 2.75) is 20.5 Å². The molecule has 1 saturated heterocycles. The summed E-state index contributed by atoms with van der Waals surface area (Å²) in [5.41, 5.74) is 2.74. The van der Waals surface area contributed by atoms with Gasteiger partial charge in [0, 0.05) is 17.6 Å². The van der Waals surface area contributed by atoms with E-state index in [1.54, 1.807) is 44.3 Å². The molecule has 0 atom stereocenters. The topological polar surface area (TPSA) is 77.4 Å². The minimum Gasteiger partial charge on any atom is -0.490 e. The average Bonchev–Trinajstić information content (AvgIpc) is 3.17. The molecule has 0 N–H and O–H groups in total. The summed E-state index contributed by atoms with van der Waals surface area (Å²) in [6, 6.07) is 19.8. The number of rotatable bonds is 9. The highest BCUT2D eigenvalue weighted by molar-refractivity contribution is 8.18. The van der Waals surface area contributed by atoms with Gasteiger partial charge in [-0.1, -0.05) is 35.9 Å². The molecule has 1 heterocycles. The van der Waals surface area contributed by atoms with Crippen molar-refractivity contribution in [1.29, 1.82) is 0 Å². The van der Waals surface area contributed by atoms with Gasteiger partial charge >= 0.3 is 5.97 Å². The first kappa shape index (κ1) is 27.3. The molecule has 3 aromatic rings. The minimum atomic E-state index is -0.383. The number of aliphatic imine (C=N–C) groups is 1. The highest BCUT2D eigenvalue weighted by Crippen LogP contribution is 2.35. The fraction of sp³-hybridized carbons (Fsp3) is 0.207. The van der Waals surface area contributed by atoms with Crippen LogP contribution in [0.2, 0.25) is 5.02 Å². The first-order chi connectivity index (χ1) is 18.4. The lowest BCUT2D eigenvalue weighted by Crippen LogP contribution is -2.23. The Labute approximate surface area is 231 Å². The molecular formula is C29H27ClN2O5S. The summed E-state index contributed by atoms with van der Waals surface area (Å²) in [6.07, 6.45) is 1.80. The van der Waals surface area contributed by atoms with Crippen LogP contribution in [0.3, 0.4) is 0 Å². The normalized spacial score (nSPS) is 15.3. The molecule has 1 aliphatic rings. The number of hydrogen-bond donors (Lipinski definition) is 0. The zero-order chi connectivity index (χ0) is 27.1. The molecule has 0 radical (unpaired) electrons. The number of thioether (sulfide) groups is 1. The van der Waals surface area contributed by atoms with Crippen LogP contribution in [0, 0.1) is 0 Å². The van der Waals surface area contributed by atoms with Crippen molar-refractivity contribution in [3.8, 4) is 11.5 Å². The Balaban J connectivity index is 1.51. The molecule has 196 valence electrons. The van der Waals surface area contributed by atoms with Gasteiger partial charge in [-0.2, -0.15) is 0 Å². The van der Waals surface area contributed by atoms with Gasteiger partial charge in [-0.05, 0) is 79.7 Å². The second-order valence-corrected chi connectivity index (χ2v) is 9.57. The third kappa shape index (κ3) is 6.57. The maximum absolute atomic E-state index is 12.9. The Kier molecular flexibility index (Phi) is 9.10. The number of nitrogens with zero attached hydrogens (tertiary/aromatic N) is 2. The average molecular weight is 551 g/mol. The molecule has 0 aliphatic carbocycles. The van der Waals surface area contributed by atoms with E-state index in [0.717, 1.165) is 11.1 Å². The van der Waals surface area contributed by atoms with Gasteiger partial charge in [0.1, 0.15) is 6.61 Å². The van der Waals surface area contributed by atoms with Crippen LogP contribution in [-0.2, 0) is 16.1 Å². The summed E-state index contributed by atoms with van der Waals surface area (Å²) in [5.74, 6) is 0.623. The largest absolute Gasteiger partial charge is 0.490 e. The standard InChI is InChI=1S/C29H27ClN2O5S/c1-4-35-25-16-19(10-15-24(25)37-18-21-8-6-7-9-23(21)30)17-26-27(33)32(3)29(38-26)31-22-13-11-20(12-14-22)28(34)36-5-2/h6-17H,4-5,18H2,1-3H3/b26-17-,31-29?. The molecule has 1 fully saturated rings. The third-order valence-electron chi connectivity index (χ3n) is 5.51. The third-order valence-corrected chi connectivity index (χ3v) is 6.94. The lowest BCUT2D eigenvalue weighted by atomic mass is 10.1. The monoisotopic (exact) mass is 550 g/mol. The maximum Gasteiger partial charge on any atom is 0.338 e.